The lowest BCUT2D eigenvalue weighted by atomic mass is 10.2. The van der Waals surface area contributed by atoms with E-state index in [9.17, 15) is 4.79 Å². The number of hydrogen-bond donors (Lipinski definition) is 1. The number of aryl methyl sites for hydroxylation is 1. The highest BCUT2D eigenvalue weighted by Gasteiger charge is 2.15. The summed E-state index contributed by atoms with van der Waals surface area (Å²) in [5.41, 5.74) is 1.42. The largest absolute Gasteiger partial charge is 0.454 e. The molecular formula is C15H17N5O2. The second-order valence-corrected chi connectivity index (χ2v) is 5.00. The molecule has 0 unspecified atom stereocenters. The molecule has 0 bridgehead atoms. The number of ether oxygens (including phenoxy) is 1. The minimum atomic E-state index is -0.387. The van der Waals surface area contributed by atoms with E-state index in [4.69, 9.17) is 4.74 Å². The summed E-state index contributed by atoms with van der Waals surface area (Å²) in [7, 11) is 0. The second kappa shape index (κ2) is 6.38. The number of fused-ring (bicyclic) bond motifs is 1. The molecule has 2 aromatic heterocycles. The van der Waals surface area contributed by atoms with Crippen molar-refractivity contribution in [2.24, 2.45) is 0 Å². The predicted molar refractivity (Wildman–Crippen MR) is 80.1 cm³/mol. The molecule has 114 valence electrons. The quantitative estimate of drug-likeness (QED) is 0.706. The highest BCUT2D eigenvalue weighted by atomic mass is 16.5. The molecule has 0 aliphatic carbocycles. The van der Waals surface area contributed by atoms with Gasteiger partial charge in [-0.25, -0.2) is 9.48 Å². The highest BCUT2D eigenvalue weighted by Crippen LogP contribution is 2.18. The van der Waals surface area contributed by atoms with E-state index in [1.54, 1.807) is 10.9 Å². The Kier molecular flexibility index (Phi) is 4.13. The third-order valence-corrected chi connectivity index (χ3v) is 3.47. The van der Waals surface area contributed by atoms with E-state index in [1.165, 1.54) is 0 Å². The molecule has 7 heteroatoms. The fourth-order valence-electron chi connectivity index (χ4n) is 2.26. The number of aromatic amines is 1. The van der Waals surface area contributed by atoms with Crippen LogP contribution in [0.1, 0.15) is 35.9 Å². The molecule has 0 amide bonds. The number of unbranched alkanes of at least 4 members (excludes halogenated alkanes) is 1. The molecule has 0 atom stereocenters. The van der Waals surface area contributed by atoms with Crippen molar-refractivity contribution in [3.8, 4) is 0 Å². The van der Waals surface area contributed by atoms with Crippen LogP contribution in [0, 0.1) is 0 Å². The van der Waals surface area contributed by atoms with E-state index in [0.29, 0.717) is 11.4 Å². The molecule has 3 rings (SSSR count). The second-order valence-electron chi connectivity index (χ2n) is 5.00. The molecule has 0 radical (unpaired) electrons. The number of esters is 1. The van der Waals surface area contributed by atoms with Gasteiger partial charge >= 0.3 is 5.97 Å². The number of tetrazole rings is 1. The van der Waals surface area contributed by atoms with Gasteiger partial charge < -0.3 is 9.72 Å². The number of benzene rings is 1. The van der Waals surface area contributed by atoms with Crippen LogP contribution in [0.2, 0.25) is 0 Å². The summed E-state index contributed by atoms with van der Waals surface area (Å²) in [5.74, 6) is 0.170. The Balaban J connectivity index is 1.69. The van der Waals surface area contributed by atoms with Gasteiger partial charge in [-0.1, -0.05) is 31.5 Å². The van der Waals surface area contributed by atoms with E-state index in [1.807, 2.05) is 24.3 Å². The van der Waals surface area contributed by atoms with Gasteiger partial charge in [0.15, 0.2) is 12.4 Å². The maximum Gasteiger partial charge on any atom is 0.340 e. The van der Waals surface area contributed by atoms with Gasteiger partial charge in [0.05, 0.1) is 5.56 Å². The van der Waals surface area contributed by atoms with Crippen LogP contribution in [0.25, 0.3) is 10.9 Å². The van der Waals surface area contributed by atoms with E-state index in [-0.39, 0.29) is 12.6 Å². The van der Waals surface area contributed by atoms with Crippen LogP contribution in [-0.2, 0) is 17.9 Å². The fraction of sp³-hybridized carbons (Fsp3) is 0.333. The van der Waals surface area contributed by atoms with Gasteiger partial charge in [-0.3, -0.25) is 0 Å². The zero-order chi connectivity index (χ0) is 15.4. The third kappa shape index (κ3) is 2.83. The number of hydrogen-bond acceptors (Lipinski definition) is 5. The molecule has 7 nitrogen and oxygen atoms in total. The van der Waals surface area contributed by atoms with E-state index < -0.39 is 0 Å². The summed E-state index contributed by atoms with van der Waals surface area (Å²) in [4.78, 5) is 15.3. The summed E-state index contributed by atoms with van der Waals surface area (Å²) in [5, 5.41) is 12.3. The molecule has 1 N–H and O–H groups in total. The summed E-state index contributed by atoms with van der Waals surface area (Å²) in [6, 6.07) is 7.60. The Morgan fingerprint density at radius 1 is 1.36 bits per heavy atom. The smallest absolute Gasteiger partial charge is 0.340 e. The molecule has 1 aromatic carbocycles. The van der Waals surface area contributed by atoms with Crippen LogP contribution in [0.3, 0.4) is 0 Å². The van der Waals surface area contributed by atoms with Crippen LogP contribution >= 0.6 is 0 Å². The molecular weight excluding hydrogens is 282 g/mol. The van der Waals surface area contributed by atoms with Gasteiger partial charge in [0.1, 0.15) is 0 Å². The van der Waals surface area contributed by atoms with Gasteiger partial charge in [0, 0.05) is 23.6 Å². The Morgan fingerprint density at radius 2 is 2.23 bits per heavy atom. The first kappa shape index (κ1) is 14.2. The highest BCUT2D eigenvalue weighted by molar-refractivity contribution is 6.03. The summed E-state index contributed by atoms with van der Waals surface area (Å²) < 4.78 is 7.01. The SMILES string of the molecule is CCCCn1nnnc1COC(=O)c1c[nH]c2ccccc12. The summed E-state index contributed by atoms with van der Waals surface area (Å²) in [6.07, 6.45) is 3.69. The van der Waals surface area contributed by atoms with Crippen molar-refractivity contribution in [1.82, 2.24) is 25.2 Å². The third-order valence-electron chi connectivity index (χ3n) is 3.47. The lowest BCUT2D eigenvalue weighted by Gasteiger charge is -2.05. The monoisotopic (exact) mass is 299 g/mol. The van der Waals surface area contributed by atoms with Crippen molar-refractivity contribution >= 4 is 16.9 Å². The number of nitrogens with zero attached hydrogens (tertiary/aromatic N) is 4. The standard InChI is InChI=1S/C15H17N5O2/c1-2-3-8-20-14(17-18-19-20)10-22-15(21)12-9-16-13-7-5-4-6-11(12)13/h4-7,9,16H,2-3,8,10H2,1H3. The normalized spacial score (nSPS) is 11.0. The van der Waals surface area contributed by atoms with Crippen molar-refractivity contribution in [3.63, 3.8) is 0 Å². The topological polar surface area (TPSA) is 85.7 Å². The molecule has 0 saturated carbocycles. The zero-order valence-corrected chi connectivity index (χ0v) is 12.3. The van der Waals surface area contributed by atoms with Gasteiger partial charge in [0.25, 0.3) is 0 Å². The number of aromatic nitrogens is 5. The molecule has 22 heavy (non-hydrogen) atoms. The number of carbonyl (C=O) groups excluding carboxylic acids is 1. The molecule has 0 fully saturated rings. The van der Waals surface area contributed by atoms with Crippen LogP contribution in [0.15, 0.2) is 30.5 Å². The van der Waals surface area contributed by atoms with Crippen molar-refractivity contribution < 1.29 is 9.53 Å². The Morgan fingerprint density at radius 3 is 3.09 bits per heavy atom. The maximum absolute atomic E-state index is 12.2. The van der Waals surface area contributed by atoms with Crippen LogP contribution in [-0.4, -0.2) is 31.2 Å². The average molecular weight is 299 g/mol. The van der Waals surface area contributed by atoms with E-state index >= 15 is 0 Å². The first-order valence-electron chi connectivity index (χ1n) is 7.28. The number of rotatable bonds is 6. The zero-order valence-electron chi connectivity index (χ0n) is 12.3. The Labute approximate surface area is 127 Å². The van der Waals surface area contributed by atoms with Gasteiger partial charge in [-0.15, -0.1) is 5.10 Å². The Hall–Kier alpha value is -2.70. The maximum atomic E-state index is 12.2. The molecule has 0 saturated heterocycles. The van der Waals surface area contributed by atoms with Crippen LogP contribution in [0.5, 0.6) is 0 Å². The lowest BCUT2D eigenvalue weighted by molar-refractivity contribution is 0.0458. The van der Waals surface area contributed by atoms with Crippen LogP contribution in [0.4, 0.5) is 0 Å². The fourth-order valence-corrected chi connectivity index (χ4v) is 2.26. The Bertz CT molecular complexity index is 777. The molecule has 0 spiro atoms. The summed E-state index contributed by atoms with van der Waals surface area (Å²) >= 11 is 0. The predicted octanol–water partition coefficient (Wildman–Crippen LogP) is 2.31. The van der Waals surface area contributed by atoms with E-state index in [2.05, 4.69) is 27.4 Å². The molecule has 0 aliphatic heterocycles. The minimum absolute atomic E-state index is 0.0645. The van der Waals surface area contributed by atoms with Gasteiger partial charge in [-0.2, -0.15) is 0 Å². The summed E-state index contributed by atoms with van der Waals surface area (Å²) in [6.45, 7) is 2.89. The average Bonchev–Trinajstić information content (AvgIpc) is 3.17. The molecule has 0 aliphatic rings. The van der Waals surface area contributed by atoms with Gasteiger partial charge in [0.2, 0.25) is 0 Å². The number of nitrogens with one attached hydrogen (secondary N) is 1. The van der Waals surface area contributed by atoms with Crippen molar-refractivity contribution in [3.05, 3.63) is 41.9 Å². The number of H-pyrrole nitrogens is 1. The first-order chi connectivity index (χ1) is 10.8. The van der Waals surface area contributed by atoms with Crippen LogP contribution < -0.4 is 0 Å². The number of para-hydroxylation sites is 1. The molecule has 3 aromatic rings. The van der Waals surface area contributed by atoms with E-state index in [0.717, 1.165) is 30.3 Å². The first-order valence-corrected chi connectivity index (χ1v) is 7.28. The lowest BCUT2D eigenvalue weighted by Crippen LogP contribution is -2.11. The van der Waals surface area contributed by atoms with Crippen molar-refractivity contribution in [2.75, 3.05) is 0 Å². The van der Waals surface area contributed by atoms with Gasteiger partial charge in [-0.05, 0) is 22.9 Å². The number of carbonyl (C=O) groups is 1. The minimum Gasteiger partial charge on any atom is -0.454 e. The van der Waals surface area contributed by atoms with Crippen molar-refractivity contribution in [2.45, 2.75) is 32.9 Å². The molecule has 2 heterocycles. The van der Waals surface area contributed by atoms with Crippen molar-refractivity contribution in [1.29, 1.82) is 0 Å².